The summed E-state index contributed by atoms with van der Waals surface area (Å²) >= 11 is 0. The Morgan fingerprint density at radius 1 is 1.24 bits per heavy atom. The van der Waals surface area contributed by atoms with Crippen LogP contribution in [0.4, 0.5) is 13.2 Å². The molecule has 1 fully saturated rings. The highest BCUT2D eigenvalue weighted by molar-refractivity contribution is 5.94. The van der Waals surface area contributed by atoms with E-state index in [1.54, 1.807) is 0 Å². The molecule has 1 amide bonds. The van der Waals surface area contributed by atoms with Gasteiger partial charge < -0.3 is 15.0 Å². The fraction of sp³-hybridized carbons (Fsp3) is 0.714. The van der Waals surface area contributed by atoms with Crippen LogP contribution in [0.15, 0.2) is 18.3 Å². The Morgan fingerprint density at radius 2 is 1.86 bits per heavy atom. The highest BCUT2D eigenvalue weighted by Gasteiger charge is 2.41. The topological polar surface area (TPSA) is 54.5 Å². The Labute approximate surface area is 171 Å². The molecular weight excluding hydrogens is 383 g/mol. The highest BCUT2D eigenvalue weighted by atomic mass is 19.4. The number of carbonyl (C=O) groups is 1. The van der Waals surface area contributed by atoms with Crippen molar-refractivity contribution in [3.8, 4) is 5.88 Å². The Balaban J connectivity index is 2.18. The van der Waals surface area contributed by atoms with Gasteiger partial charge in [-0.05, 0) is 53.0 Å². The second-order valence-corrected chi connectivity index (χ2v) is 9.10. The fourth-order valence-electron chi connectivity index (χ4n) is 4.18. The molecule has 0 atom stereocenters. The summed E-state index contributed by atoms with van der Waals surface area (Å²) < 4.78 is 41.5. The number of alkyl halides is 3. The van der Waals surface area contributed by atoms with Crippen molar-refractivity contribution in [2.24, 2.45) is 0 Å². The van der Waals surface area contributed by atoms with Crippen molar-refractivity contribution >= 4 is 5.91 Å². The molecule has 0 bridgehead atoms. The van der Waals surface area contributed by atoms with Crippen molar-refractivity contribution in [2.45, 2.75) is 83.6 Å². The van der Waals surface area contributed by atoms with E-state index in [0.717, 1.165) is 25.7 Å². The molecule has 1 aliphatic heterocycles. The molecule has 1 aromatic rings. The van der Waals surface area contributed by atoms with Gasteiger partial charge in [0.15, 0.2) is 6.61 Å². The number of unbranched alkanes of at least 4 members (excludes halogenated alkanes) is 1. The molecule has 8 heteroatoms. The van der Waals surface area contributed by atoms with Crippen molar-refractivity contribution in [1.82, 2.24) is 15.2 Å². The van der Waals surface area contributed by atoms with Crippen LogP contribution in [0.2, 0.25) is 0 Å². The van der Waals surface area contributed by atoms with E-state index in [4.69, 9.17) is 0 Å². The van der Waals surface area contributed by atoms with Gasteiger partial charge in [0.1, 0.15) is 0 Å². The van der Waals surface area contributed by atoms with E-state index in [9.17, 15) is 18.0 Å². The van der Waals surface area contributed by atoms with E-state index in [0.29, 0.717) is 12.1 Å². The Morgan fingerprint density at radius 3 is 2.34 bits per heavy atom. The zero-order chi connectivity index (χ0) is 21.9. The molecule has 1 saturated heterocycles. The Kier molecular flexibility index (Phi) is 7.19. The number of halogens is 3. The molecule has 29 heavy (non-hydrogen) atoms. The van der Waals surface area contributed by atoms with Crippen LogP contribution in [0.1, 0.15) is 70.7 Å². The summed E-state index contributed by atoms with van der Waals surface area (Å²) in [7, 11) is 0. The van der Waals surface area contributed by atoms with Gasteiger partial charge in [-0.2, -0.15) is 13.2 Å². The number of ether oxygens (including phenoxy) is 1. The van der Waals surface area contributed by atoms with Crippen LogP contribution >= 0.6 is 0 Å². The van der Waals surface area contributed by atoms with Crippen LogP contribution in [0.3, 0.4) is 0 Å². The predicted octanol–water partition coefficient (Wildman–Crippen LogP) is 4.57. The zero-order valence-corrected chi connectivity index (χ0v) is 17.9. The second kappa shape index (κ2) is 8.90. The van der Waals surface area contributed by atoms with Crippen molar-refractivity contribution in [3.05, 3.63) is 23.9 Å². The lowest BCUT2D eigenvalue weighted by atomic mass is 9.79. The predicted molar refractivity (Wildman–Crippen MR) is 106 cm³/mol. The number of hydrogen-bond donors (Lipinski definition) is 1. The van der Waals surface area contributed by atoms with Crippen LogP contribution in [-0.4, -0.2) is 52.2 Å². The summed E-state index contributed by atoms with van der Waals surface area (Å²) in [5, 5.41) is 3.63. The minimum atomic E-state index is -4.43. The molecule has 0 spiro atoms. The first-order valence-corrected chi connectivity index (χ1v) is 10.1. The lowest BCUT2D eigenvalue weighted by Gasteiger charge is -2.49. The summed E-state index contributed by atoms with van der Waals surface area (Å²) in [5.41, 5.74) is 0.143. The summed E-state index contributed by atoms with van der Waals surface area (Å²) in [6, 6.07) is 2.87. The number of rotatable bonds is 7. The average Bonchev–Trinajstić information content (AvgIpc) is 2.57. The maximum Gasteiger partial charge on any atom is 0.422 e. The molecule has 0 unspecified atom stereocenters. The maximum absolute atomic E-state index is 13.2. The van der Waals surface area contributed by atoms with Crippen LogP contribution in [0.5, 0.6) is 5.88 Å². The van der Waals surface area contributed by atoms with Gasteiger partial charge in [0.25, 0.3) is 5.91 Å². The van der Waals surface area contributed by atoms with Crippen LogP contribution < -0.4 is 10.1 Å². The molecular formula is C21H32F3N3O2. The van der Waals surface area contributed by atoms with Gasteiger partial charge in [-0.15, -0.1) is 0 Å². The van der Waals surface area contributed by atoms with Gasteiger partial charge in [-0.25, -0.2) is 4.98 Å². The lowest BCUT2D eigenvalue weighted by molar-refractivity contribution is -0.154. The third kappa shape index (κ3) is 7.17. The number of carbonyl (C=O) groups excluding carboxylic acids is 1. The van der Waals surface area contributed by atoms with Crippen molar-refractivity contribution in [1.29, 1.82) is 0 Å². The van der Waals surface area contributed by atoms with Gasteiger partial charge in [-0.3, -0.25) is 4.79 Å². The highest BCUT2D eigenvalue weighted by Crippen LogP contribution is 2.32. The molecule has 0 saturated carbocycles. The van der Waals surface area contributed by atoms with Gasteiger partial charge in [0, 0.05) is 35.9 Å². The number of piperidine rings is 1. The largest absolute Gasteiger partial charge is 0.468 e. The summed E-state index contributed by atoms with van der Waals surface area (Å²) in [6.07, 6.45) is 0.366. The molecule has 0 aromatic carbocycles. The first-order valence-electron chi connectivity index (χ1n) is 10.1. The fourth-order valence-corrected chi connectivity index (χ4v) is 4.18. The summed E-state index contributed by atoms with van der Waals surface area (Å²) in [4.78, 5) is 19.0. The average molecular weight is 416 g/mol. The molecule has 2 heterocycles. The van der Waals surface area contributed by atoms with Crippen molar-refractivity contribution in [3.63, 3.8) is 0 Å². The monoisotopic (exact) mass is 415 g/mol. The van der Waals surface area contributed by atoms with E-state index < -0.39 is 12.8 Å². The minimum Gasteiger partial charge on any atom is -0.468 e. The molecule has 2 rings (SSSR count). The van der Waals surface area contributed by atoms with Crippen molar-refractivity contribution in [2.75, 3.05) is 13.2 Å². The molecule has 164 valence electrons. The number of aromatic nitrogens is 1. The lowest BCUT2D eigenvalue weighted by Crippen LogP contribution is -2.62. The third-order valence-electron chi connectivity index (χ3n) is 4.99. The quantitative estimate of drug-likeness (QED) is 0.709. The van der Waals surface area contributed by atoms with Gasteiger partial charge in [0.2, 0.25) is 5.88 Å². The summed E-state index contributed by atoms with van der Waals surface area (Å²) in [5.74, 6) is -0.296. The first kappa shape index (κ1) is 23.4. The molecule has 1 aliphatic rings. The maximum atomic E-state index is 13.2. The van der Waals surface area contributed by atoms with Crippen LogP contribution in [0, 0.1) is 0 Å². The van der Waals surface area contributed by atoms with E-state index in [-0.39, 0.29) is 28.9 Å². The van der Waals surface area contributed by atoms with E-state index in [1.807, 2.05) is 4.90 Å². The standard InChI is InChI=1S/C21H32F3N3O2/c1-6-7-10-27(16-11-19(2,3)26-20(4,5)12-16)18(28)15-8-9-17(25-13-15)29-14-21(22,23)24/h8-9,13,16,26H,6-7,10-12,14H2,1-5H3. The second-order valence-electron chi connectivity index (χ2n) is 9.10. The zero-order valence-electron chi connectivity index (χ0n) is 17.9. The van der Waals surface area contributed by atoms with Gasteiger partial charge in [0.05, 0.1) is 5.56 Å². The number of pyridine rings is 1. The number of amides is 1. The van der Waals surface area contributed by atoms with Crippen LogP contribution in [0.25, 0.3) is 0 Å². The van der Waals surface area contributed by atoms with E-state index in [1.165, 1.54) is 18.3 Å². The molecule has 0 radical (unpaired) electrons. The van der Waals surface area contributed by atoms with E-state index >= 15 is 0 Å². The number of nitrogens with one attached hydrogen (secondary N) is 1. The molecule has 1 N–H and O–H groups in total. The first-order chi connectivity index (χ1) is 13.3. The molecule has 1 aromatic heterocycles. The van der Waals surface area contributed by atoms with Crippen molar-refractivity contribution < 1.29 is 22.7 Å². The smallest absolute Gasteiger partial charge is 0.422 e. The Bertz CT molecular complexity index is 671. The van der Waals surface area contributed by atoms with Crippen LogP contribution in [-0.2, 0) is 0 Å². The normalized spacial score (nSPS) is 19.0. The van der Waals surface area contributed by atoms with Gasteiger partial charge in [-0.1, -0.05) is 13.3 Å². The number of hydrogen-bond acceptors (Lipinski definition) is 4. The number of nitrogens with zero attached hydrogens (tertiary/aromatic N) is 2. The SMILES string of the molecule is CCCCN(C(=O)c1ccc(OCC(F)(F)F)nc1)C1CC(C)(C)NC(C)(C)C1. The minimum absolute atomic E-state index is 0.0708. The molecule has 5 nitrogen and oxygen atoms in total. The summed E-state index contributed by atoms with van der Waals surface area (Å²) in [6.45, 7) is 9.85. The third-order valence-corrected chi connectivity index (χ3v) is 4.99. The molecule has 0 aliphatic carbocycles. The van der Waals surface area contributed by atoms with Gasteiger partial charge >= 0.3 is 6.18 Å². The van der Waals surface area contributed by atoms with E-state index in [2.05, 4.69) is 49.7 Å². The Hall–Kier alpha value is -1.83.